The van der Waals surface area contributed by atoms with Crippen molar-refractivity contribution in [2.24, 2.45) is 12.5 Å². The van der Waals surface area contributed by atoms with E-state index >= 15 is 0 Å². The molecule has 2 aliphatic heterocycles. The number of likely N-dealkylation sites (tertiary alicyclic amines) is 1. The molecular formula is C29H42N6O4. The van der Waals surface area contributed by atoms with Crippen LogP contribution in [0.5, 0.6) is 5.75 Å². The Morgan fingerprint density at radius 2 is 1.79 bits per heavy atom. The van der Waals surface area contributed by atoms with Gasteiger partial charge in [-0.25, -0.2) is 0 Å². The fourth-order valence-electron chi connectivity index (χ4n) is 5.61. The number of piperidine rings is 1. The van der Waals surface area contributed by atoms with E-state index in [0.717, 1.165) is 41.9 Å². The van der Waals surface area contributed by atoms with Gasteiger partial charge < -0.3 is 20.7 Å². The fourth-order valence-corrected chi connectivity index (χ4v) is 5.61. The second-order valence-corrected chi connectivity index (χ2v) is 10.9. The van der Waals surface area contributed by atoms with E-state index < -0.39 is 5.41 Å². The summed E-state index contributed by atoms with van der Waals surface area (Å²) in [5.41, 5.74) is 3.50. The van der Waals surface area contributed by atoms with E-state index in [4.69, 9.17) is 4.74 Å². The molecular weight excluding hydrogens is 496 g/mol. The first kappa shape index (κ1) is 28.6. The van der Waals surface area contributed by atoms with Crippen LogP contribution in [0.1, 0.15) is 65.8 Å². The first-order valence-electron chi connectivity index (χ1n) is 14.0. The Balaban J connectivity index is 1.35. The number of nitrogens with zero attached hydrogens (tertiary/aromatic N) is 3. The quantitative estimate of drug-likeness (QED) is 0.553. The van der Waals surface area contributed by atoms with Crippen LogP contribution in [0.4, 0.5) is 5.69 Å². The van der Waals surface area contributed by atoms with E-state index in [9.17, 15) is 14.4 Å². The maximum Gasteiger partial charge on any atom is 0.255 e. The van der Waals surface area contributed by atoms with Gasteiger partial charge in [-0.05, 0) is 77.6 Å². The molecule has 0 bridgehead atoms. The lowest BCUT2D eigenvalue weighted by Gasteiger charge is -2.40. The molecule has 1 fully saturated rings. The number of hydrogen-bond donors (Lipinski definition) is 3. The number of para-hydroxylation sites is 1. The molecule has 2 aromatic rings. The normalized spacial score (nSPS) is 19.2. The van der Waals surface area contributed by atoms with E-state index in [1.807, 2.05) is 40.0 Å². The molecule has 0 aliphatic carbocycles. The topological polar surface area (TPSA) is 118 Å². The van der Waals surface area contributed by atoms with Crippen LogP contribution in [0.2, 0.25) is 0 Å². The number of aromatic nitrogens is 2. The minimum Gasteiger partial charge on any atom is -0.492 e. The summed E-state index contributed by atoms with van der Waals surface area (Å²) in [5.74, 6) is 0.501. The second kappa shape index (κ2) is 12.6. The molecule has 0 unspecified atom stereocenters. The van der Waals surface area contributed by atoms with Gasteiger partial charge >= 0.3 is 0 Å². The molecule has 212 valence electrons. The van der Waals surface area contributed by atoms with Gasteiger partial charge in [-0.2, -0.15) is 5.10 Å². The van der Waals surface area contributed by atoms with Crippen LogP contribution in [-0.4, -0.2) is 71.7 Å². The van der Waals surface area contributed by atoms with E-state index in [1.165, 1.54) is 0 Å². The van der Waals surface area contributed by atoms with Crippen LogP contribution in [-0.2, 0) is 16.6 Å². The lowest BCUT2D eigenvalue weighted by atomic mass is 9.73. The molecule has 39 heavy (non-hydrogen) atoms. The number of anilines is 1. The summed E-state index contributed by atoms with van der Waals surface area (Å²) >= 11 is 0. The maximum absolute atomic E-state index is 13.5. The summed E-state index contributed by atoms with van der Waals surface area (Å²) in [4.78, 5) is 41.2. The molecule has 0 radical (unpaired) electrons. The third-order valence-corrected chi connectivity index (χ3v) is 8.11. The molecule has 1 spiro atoms. The van der Waals surface area contributed by atoms with Crippen molar-refractivity contribution < 1.29 is 19.1 Å². The van der Waals surface area contributed by atoms with Gasteiger partial charge in [0.2, 0.25) is 11.8 Å². The van der Waals surface area contributed by atoms with Crippen molar-refractivity contribution in [3.8, 4) is 5.75 Å². The van der Waals surface area contributed by atoms with Gasteiger partial charge in [0.15, 0.2) is 0 Å². The summed E-state index contributed by atoms with van der Waals surface area (Å²) < 4.78 is 7.75. The van der Waals surface area contributed by atoms with Gasteiger partial charge in [-0.15, -0.1) is 0 Å². The smallest absolute Gasteiger partial charge is 0.255 e. The van der Waals surface area contributed by atoms with Crippen LogP contribution in [0.25, 0.3) is 0 Å². The van der Waals surface area contributed by atoms with Crippen molar-refractivity contribution in [2.45, 2.75) is 59.3 Å². The average Bonchev–Trinajstić information content (AvgIpc) is 3.14. The Kier molecular flexibility index (Phi) is 9.27. The molecule has 1 saturated heterocycles. The Labute approximate surface area is 230 Å². The lowest BCUT2D eigenvalue weighted by Crippen LogP contribution is -2.50. The fraction of sp³-hybridized carbons (Fsp3) is 0.586. The zero-order chi connectivity index (χ0) is 28.0. The van der Waals surface area contributed by atoms with Crippen LogP contribution in [0.3, 0.4) is 0 Å². The number of amides is 3. The number of hydrogen-bond acceptors (Lipinski definition) is 6. The average molecular weight is 539 g/mol. The first-order chi connectivity index (χ1) is 18.7. The van der Waals surface area contributed by atoms with Gasteiger partial charge in [0, 0.05) is 20.1 Å². The van der Waals surface area contributed by atoms with Crippen LogP contribution >= 0.6 is 0 Å². The zero-order valence-corrected chi connectivity index (χ0v) is 23.7. The summed E-state index contributed by atoms with van der Waals surface area (Å²) in [5, 5.41) is 13.6. The van der Waals surface area contributed by atoms with E-state index in [2.05, 4.69) is 25.9 Å². The molecule has 2 aliphatic rings. The van der Waals surface area contributed by atoms with Gasteiger partial charge in [-0.3, -0.25) is 24.0 Å². The minimum absolute atomic E-state index is 0.0661. The van der Waals surface area contributed by atoms with Crippen molar-refractivity contribution in [3.63, 3.8) is 0 Å². The molecule has 1 aromatic heterocycles. The minimum atomic E-state index is -0.464. The molecule has 3 heterocycles. The lowest BCUT2D eigenvalue weighted by molar-refractivity contribution is -0.134. The third kappa shape index (κ3) is 6.79. The number of aryl methyl sites for hydroxylation is 3. The van der Waals surface area contributed by atoms with Gasteiger partial charge in [0.25, 0.3) is 5.91 Å². The first-order valence-corrected chi connectivity index (χ1v) is 14.0. The molecule has 4 rings (SSSR count). The molecule has 0 saturated carbocycles. The van der Waals surface area contributed by atoms with Crippen molar-refractivity contribution in [2.75, 3.05) is 44.6 Å². The van der Waals surface area contributed by atoms with Gasteiger partial charge in [0.1, 0.15) is 5.75 Å². The standard InChI is InChI=1S/C29H42N6O4/c1-20-9-7-10-23-26(20)39-18-8-15-31-28(38)29(11-5-6-14-30-27(23)37)12-16-35(17-13-29)19-24(36)32-25-21(2)33-34(4)22(25)3/h7,9-10H,5-6,8,11-19H2,1-4H3,(H,30,37)(H,31,38)(H,32,36). The number of rotatable bonds is 3. The highest BCUT2D eigenvalue weighted by atomic mass is 16.5. The van der Waals surface area contributed by atoms with Crippen molar-refractivity contribution in [1.82, 2.24) is 25.3 Å². The Morgan fingerprint density at radius 3 is 2.51 bits per heavy atom. The number of fused-ring (bicyclic) bond motifs is 1. The second-order valence-electron chi connectivity index (χ2n) is 10.9. The van der Waals surface area contributed by atoms with E-state index in [0.29, 0.717) is 63.4 Å². The molecule has 3 amide bonds. The highest BCUT2D eigenvalue weighted by Crippen LogP contribution is 2.37. The van der Waals surface area contributed by atoms with E-state index in [-0.39, 0.29) is 24.3 Å². The predicted octanol–water partition coefficient (Wildman–Crippen LogP) is 2.87. The summed E-state index contributed by atoms with van der Waals surface area (Å²) in [6.07, 6.45) is 4.43. The van der Waals surface area contributed by atoms with Gasteiger partial charge in [0.05, 0.1) is 41.2 Å². The molecule has 3 N–H and O–H groups in total. The van der Waals surface area contributed by atoms with Crippen LogP contribution < -0.4 is 20.7 Å². The predicted molar refractivity (Wildman–Crippen MR) is 150 cm³/mol. The summed E-state index contributed by atoms with van der Waals surface area (Å²) in [6, 6.07) is 5.59. The third-order valence-electron chi connectivity index (χ3n) is 8.11. The number of ether oxygens (including phenoxy) is 1. The Morgan fingerprint density at radius 1 is 1.05 bits per heavy atom. The van der Waals surface area contributed by atoms with Crippen LogP contribution in [0.15, 0.2) is 18.2 Å². The number of nitrogens with one attached hydrogen (secondary N) is 3. The highest BCUT2D eigenvalue weighted by Gasteiger charge is 2.41. The molecule has 10 nitrogen and oxygen atoms in total. The number of carbonyl (C=O) groups excluding carboxylic acids is 3. The monoisotopic (exact) mass is 538 g/mol. The maximum atomic E-state index is 13.5. The van der Waals surface area contributed by atoms with Crippen molar-refractivity contribution in [3.05, 3.63) is 40.7 Å². The molecule has 1 aromatic carbocycles. The number of carbonyl (C=O) groups is 3. The van der Waals surface area contributed by atoms with Crippen molar-refractivity contribution >= 4 is 23.4 Å². The zero-order valence-electron chi connectivity index (χ0n) is 23.7. The van der Waals surface area contributed by atoms with Gasteiger partial charge in [-0.1, -0.05) is 18.6 Å². The van der Waals surface area contributed by atoms with Crippen LogP contribution in [0, 0.1) is 26.2 Å². The molecule has 10 heteroatoms. The summed E-state index contributed by atoms with van der Waals surface area (Å²) in [7, 11) is 1.86. The van der Waals surface area contributed by atoms with E-state index in [1.54, 1.807) is 10.7 Å². The highest BCUT2D eigenvalue weighted by molar-refractivity contribution is 5.97. The molecule has 0 atom stereocenters. The van der Waals surface area contributed by atoms with Crippen molar-refractivity contribution in [1.29, 1.82) is 0 Å². The largest absolute Gasteiger partial charge is 0.492 e. The summed E-state index contributed by atoms with van der Waals surface area (Å²) in [6.45, 7) is 8.88. The SMILES string of the molecule is Cc1cccc2c1OCCCNC(=O)C1(CCCCNC2=O)CCN(CC(=O)Nc2c(C)nn(C)c2C)CC1. The Bertz CT molecular complexity index is 1200. The Hall–Kier alpha value is -3.40. The number of benzene rings is 1.